The lowest BCUT2D eigenvalue weighted by Gasteiger charge is -2.08. The van der Waals surface area contributed by atoms with Crippen LogP contribution in [0.1, 0.15) is 39.8 Å². The van der Waals surface area contributed by atoms with E-state index in [1.807, 2.05) is 19.1 Å². The van der Waals surface area contributed by atoms with Crippen molar-refractivity contribution in [2.45, 2.75) is 25.7 Å². The summed E-state index contributed by atoms with van der Waals surface area (Å²) in [6.07, 6.45) is 6.66. The van der Waals surface area contributed by atoms with Crippen LogP contribution >= 0.6 is 0 Å². The summed E-state index contributed by atoms with van der Waals surface area (Å²) in [7, 11) is 0. The lowest BCUT2D eigenvalue weighted by molar-refractivity contribution is 0.0953. The van der Waals surface area contributed by atoms with Gasteiger partial charge in [-0.1, -0.05) is 6.07 Å². The maximum absolute atomic E-state index is 12.4. The van der Waals surface area contributed by atoms with Crippen molar-refractivity contribution in [2.24, 2.45) is 0 Å². The SMILES string of the molecule is Cc1cnc(C(=O)C2CCc3cccnc32)cn1. The van der Waals surface area contributed by atoms with Crippen LogP contribution < -0.4 is 0 Å². The highest BCUT2D eigenvalue weighted by molar-refractivity contribution is 5.99. The first-order valence-electron chi connectivity index (χ1n) is 6.02. The van der Waals surface area contributed by atoms with Gasteiger partial charge in [-0.05, 0) is 31.4 Å². The minimum Gasteiger partial charge on any atom is -0.292 e. The number of fused-ring (bicyclic) bond motifs is 1. The molecule has 0 saturated heterocycles. The fraction of sp³-hybridized carbons (Fsp3) is 0.286. The van der Waals surface area contributed by atoms with Gasteiger partial charge in [0.1, 0.15) is 5.69 Å². The molecule has 0 N–H and O–H groups in total. The zero-order valence-corrected chi connectivity index (χ0v) is 10.1. The van der Waals surface area contributed by atoms with Gasteiger partial charge in [0.15, 0.2) is 5.78 Å². The Balaban J connectivity index is 1.93. The van der Waals surface area contributed by atoms with Gasteiger partial charge in [-0.2, -0.15) is 0 Å². The normalized spacial score (nSPS) is 17.5. The summed E-state index contributed by atoms with van der Waals surface area (Å²) >= 11 is 0. The smallest absolute Gasteiger partial charge is 0.191 e. The van der Waals surface area contributed by atoms with Gasteiger partial charge < -0.3 is 0 Å². The lowest BCUT2D eigenvalue weighted by atomic mass is 9.99. The van der Waals surface area contributed by atoms with Crippen LogP contribution in [0.2, 0.25) is 0 Å². The zero-order chi connectivity index (χ0) is 12.5. The first-order chi connectivity index (χ1) is 8.75. The molecule has 0 aromatic carbocycles. The van der Waals surface area contributed by atoms with Crippen molar-refractivity contribution < 1.29 is 4.79 Å². The maximum Gasteiger partial charge on any atom is 0.191 e. The molecule has 1 aliphatic carbocycles. The average molecular weight is 239 g/mol. The predicted octanol–water partition coefficient (Wildman–Crippen LogP) is 2.09. The van der Waals surface area contributed by atoms with E-state index in [9.17, 15) is 4.79 Å². The molecule has 0 amide bonds. The van der Waals surface area contributed by atoms with E-state index in [-0.39, 0.29) is 11.7 Å². The largest absolute Gasteiger partial charge is 0.292 e. The van der Waals surface area contributed by atoms with Gasteiger partial charge in [-0.15, -0.1) is 0 Å². The number of rotatable bonds is 2. The van der Waals surface area contributed by atoms with E-state index in [0.717, 1.165) is 24.2 Å². The van der Waals surface area contributed by atoms with Gasteiger partial charge in [-0.25, -0.2) is 4.98 Å². The second-order valence-corrected chi connectivity index (χ2v) is 4.55. The average Bonchev–Trinajstić information content (AvgIpc) is 2.82. The van der Waals surface area contributed by atoms with E-state index in [0.29, 0.717) is 5.69 Å². The molecule has 4 nitrogen and oxygen atoms in total. The van der Waals surface area contributed by atoms with Crippen LogP contribution in [0.5, 0.6) is 0 Å². The summed E-state index contributed by atoms with van der Waals surface area (Å²) in [4.78, 5) is 25.0. The highest BCUT2D eigenvalue weighted by atomic mass is 16.1. The Morgan fingerprint density at radius 3 is 2.94 bits per heavy atom. The van der Waals surface area contributed by atoms with E-state index in [1.54, 1.807) is 18.6 Å². The first-order valence-corrected chi connectivity index (χ1v) is 6.02. The van der Waals surface area contributed by atoms with Crippen LogP contribution in [0.15, 0.2) is 30.7 Å². The molecule has 2 heterocycles. The summed E-state index contributed by atoms with van der Waals surface area (Å²) in [5.74, 6) is -0.127. The number of aromatic nitrogens is 3. The maximum atomic E-state index is 12.4. The van der Waals surface area contributed by atoms with E-state index in [2.05, 4.69) is 15.0 Å². The van der Waals surface area contributed by atoms with Crippen molar-refractivity contribution in [3.8, 4) is 0 Å². The van der Waals surface area contributed by atoms with Crippen LogP contribution in [-0.4, -0.2) is 20.7 Å². The Morgan fingerprint density at radius 1 is 1.28 bits per heavy atom. The quantitative estimate of drug-likeness (QED) is 0.753. The molecule has 0 radical (unpaired) electrons. The lowest BCUT2D eigenvalue weighted by Crippen LogP contribution is -2.13. The summed E-state index contributed by atoms with van der Waals surface area (Å²) < 4.78 is 0. The van der Waals surface area contributed by atoms with Gasteiger partial charge in [-0.3, -0.25) is 14.8 Å². The molecule has 3 rings (SSSR count). The summed E-state index contributed by atoms with van der Waals surface area (Å²) in [6, 6.07) is 3.95. The Bertz CT molecular complexity index is 592. The van der Waals surface area contributed by atoms with Gasteiger partial charge in [0.25, 0.3) is 0 Å². The van der Waals surface area contributed by atoms with Crippen molar-refractivity contribution in [2.75, 3.05) is 0 Å². The standard InChI is InChI=1S/C14H13N3O/c1-9-7-17-12(8-16-9)14(18)11-5-4-10-3-2-6-15-13(10)11/h2-3,6-8,11H,4-5H2,1H3. The molecular weight excluding hydrogens is 226 g/mol. The molecule has 1 aliphatic rings. The molecule has 0 fully saturated rings. The van der Waals surface area contributed by atoms with Crippen molar-refractivity contribution >= 4 is 5.78 Å². The number of carbonyl (C=O) groups excluding carboxylic acids is 1. The van der Waals surface area contributed by atoms with Crippen molar-refractivity contribution in [1.82, 2.24) is 15.0 Å². The number of carbonyl (C=O) groups is 1. The molecule has 90 valence electrons. The molecule has 4 heteroatoms. The Kier molecular flexibility index (Phi) is 2.63. The van der Waals surface area contributed by atoms with E-state index < -0.39 is 0 Å². The number of Topliss-reactive ketones (excluding diaryl/α,β-unsaturated/α-hetero) is 1. The van der Waals surface area contributed by atoms with Crippen molar-refractivity contribution in [3.63, 3.8) is 0 Å². The fourth-order valence-electron chi connectivity index (χ4n) is 2.37. The number of hydrogen-bond donors (Lipinski definition) is 0. The number of nitrogens with zero attached hydrogens (tertiary/aromatic N) is 3. The fourth-order valence-corrected chi connectivity index (χ4v) is 2.37. The van der Waals surface area contributed by atoms with Gasteiger partial charge in [0.05, 0.1) is 23.5 Å². The molecule has 0 aliphatic heterocycles. The second-order valence-electron chi connectivity index (χ2n) is 4.55. The van der Waals surface area contributed by atoms with E-state index in [4.69, 9.17) is 0 Å². The van der Waals surface area contributed by atoms with Crippen LogP contribution in [-0.2, 0) is 6.42 Å². The number of hydrogen-bond acceptors (Lipinski definition) is 4. The molecule has 0 saturated carbocycles. The second kappa shape index (κ2) is 4.29. The molecule has 18 heavy (non-hydrogen) atoms. The van der Waals surface area contributed by atoms with Gasteiger partial charge in [0, 0.05) is 12.4 Å². The monoisotopic (exact) mass is 239 g/mol. The Morgan fingerprint density at radius 2 is 2.17 bits per heavy atom. The van der Waals surface area contributed by atoms with E-state index in [1.165, 1.54) is 5.56 Å². The first kappa shape index (κ1) is 11.0. The predicted molar refractivity (Wildman–Crippen MR) is 66.4 cm³/mol. The summed E-state index contributed by atoms with van der Waals surface area (Å²) in [5.41, 5.74) is 3.33. The summed E-state index contributed by atoms with van der Waals surface area (Å²) in [5, 5.41) is 0. The van der Waals surface area contributed by atoms with Crippen molar-refractivity contribution in [3.05, 3.63) is 53.4 Å². The molecule has 2 aromatic heterocycles. The molecule has 1 atom stereocenters. The minimum atomic E-state index is -0.154. The third kappa shape index (κ3) is 1.79. The highest BCUT2D eigenvalue weighted by Crippen LogP contribution is 2.33. The van der Waals surface area contributed by atoms with Crippen LogP contribution in [0.25, 0.3) is 0 Å². The molecule has 0 spiro atoms. The zero-order valence-electron chi connectivity index (χ0n) is 10.1. The topological polar surface area (TPSA) is 55.7 Å². The van der Waals surface area contributed by atoms with Crippen molar-refractivity contribution in [1.29, 1.82) is 0 Å². The number of pyridine rings is 1. The molecule has 2 aromatic rings. The number of ketones is 1. The highest BCUT2D eigenvalue weighted by Gasteiger charge is 2.31. The Labute approximate surface area is 105 Å². The molecule has 0 bridgehead atoms. The van der Waals surface area contributed by atoms with Gasteiger partial charge >= 0.3 is 0 Å². The third-order valence-corrected chi connectivity index (χ3v) is 3.31. The minimum absolute atomic E-state index is 0.0277. The molecular formula is C14H13N3O. The van der Waals surface area contributed by atoms with Gasteiger partial charge in [0.2, 0.25) is 0 Å². The van der Waals surface area contributed by atoms with E-state index >= 15 is 0 Å². The molecule has 1 unspecified atom stereocenters. The number of aryl methyl sites for hydroxylation is 2. The summed E-state index contributed by atoms with van der Waals surface area (Å²) in [6.45, 7) is 1.85. The van der Waals surface area contributed by atoms with Crippen LogP contribution in [0.3, 0.4) is 0 Å². The van der Waals surface area contributed by atoms with Crippen LogP contribution in [0.4, 0.5) is 0 Å². The Hall–Kier alpha value is -2.10. The van der Waals surface area contributed by atoms with Crippen LogP contribution in [0, 0.1) is 6.92 Å². The third-order valence-electron chi connectivity index (χ3n) is 3.31.